The zero-order valence-electron chi connectivity index (χ0n) is 39.4. The molecule has 5 heterocycles. The summed E-state index contributed by atoms with van der Waals surface area (Å²) < 4.78 is 5.36. The molecule has 8 rings (SSSR count). The molecule has 6 heteroatoms. The number of H-pyrrole nitrogens is 2. The number of ether oxygens (including phenoxy) is 1. The van der Waals surface area contributed by atoms with E-state index in [0.29, 0.717) is 12.2 Å². The van der Waals surface area contributed by atoms with E-state index in [0.717, 1.165) is 78.2 Å². The van der Waals surface area contributed by atoms with E-state index in [2.05, 4.69) is 184 Å². The van der Waals surface area contributed by atoms with Gasteiger partial charge in [-0.2, -0.15) is 0 Å². The molecule has 0 saturated heterocycles. The number of hydrogen-bond acceptors (Lipinski definition) is 4. The highest BCUT2D eigenvalue weighted by molar-refractivity contribution is 5.98. The molecule has 8 bridgehead atoms. The number of fused-ring (bicyclic) bond motifs is 8. The Hall–Kier alpha value is -6.27. The maximum absolute atomic E-state index is 12.8. The van der Waals surface area contributed by atoms with E-state index >= 15 is 0 Å². The van der Waals surface area contributed by atoms with Crippen LogP contribution in [0.1, 0.15) is 145 Å². The fourth-order valence-electron chi connectivity index (χ4n) is 8.31. The Morgan fingerprint density at radius 2 is 0.889 bits per heavy atom. The molecular weight excluding hydrogens is 773 g/mol. The van der Waals surface area contributed by atoms with E-state index in [9.17, 15) is 4.79 Å². The van der Waals surface area contributed by atoms with E-state index in [1.54, 1.807) is 0 Å². The highest BCUT2D eigenvalue weighted by Crippen LogP contribution is 2.41. The van der Waals surface area contributed by atoms with Gasteiger partial charge in [0.25, 0.3) is 0 Å². The second-order valence-electron chi connectivity index (χ2n) is 21.2. The minimum absolute atomic E-state index is 0.0739. The Labute approximate surface area is 373 Å². The number of carbonyl (C=O) groups excluding carboxylic acids is 1. The smallest absolute Gasteiger partial charge is 0.338 e. The lowest BCUT2D eigenvalue weighted by Gasteiger charge is -2.26. The normalized spacial score (nSPS) is 13.2. The zero-order valence-corrected chi connectivity index (χ0v) is 39.4. The molecule has 0 fully saturated rings. The highest BCUT2D eigenvalue weighted by Gasteiger charge is 2.25. The molecule has 2 aliphatic rings. The number of rotatable bonds is 5. The van der Waals surface area contributed by atoms with Gasteiger partial charge in [-0.1, -0.05) is 132 Å². The van der Waals surface area contributed by atoms with Crippen LogP contribution in [0.15, 0.2) is 91.0 Å². The molecule has 63 heavy (non-hydrogen) atoms. The first-order chi connectivity index (χ1) is 29.6. The summed E-state index contributed by atoms with van der Waals surface area (Å²) in [6.07, 6.45) is 8.50. The number of esters is 1. The summed E-state index contributed by atoms with van der Waals surface area (Å²) >= 11 is 0. The van der Waals surface area contributed by atoms with Gasteiger partial charge in [0.15, 0.2) is 0 Å². The summed E-state index contributed by atoms with van der Waals surface area (Å²) in [6.45, 7) is 29.4. The van der Waals surface area contributed by atoms with Gasteiger partial charge in [0.2, 0.25) is 0 Å². The Kier molecular flexibility index (Phi) is 10.9. The summed E-state index contributed by atoms with van der Waals surface area (Å²) in [4.78, 5) is 31.3. The minimum Gasteiger partial charge on any atom is -0.462 e. The molecule has 3 aromatic carbocycles. The third-order valence-corrected chi connectivity index (χ3v) is 12.2. The summed E-state index contributed by atoms with van der Waals surface area (Å²) in [6, 6.07) is 32.5. The van der Waals surface area contributed by atoms with Gasteiger partial charge >= 0.3 is 5.97 Å². The molecular formula is C57H62N4O2. The van der Waals surface area contributed by atoms with Crippen LogP contribution in [-0.2, 0) is 26.4 Å². The third kappa shape index (κ3) is 8.86. The fraction of sp³-hybridized carbons (Fsp3) is 0.316. The summed E-state index contributed by atoms with van der Waals surface area (Å²) in [5.41, 5.74) is 18.6. The van der Waals surface area contributed by atoms with Crippen LogP contribution in [0.4, 0.5) is 0 Å². The molecule has 0 aliphatic carbocycles. The number of benzene rings is 3. The Bertz CT molecular complexity index is 2860. The van der Waals surface area contributed by atoms with E-state index in [-0.39, 0.29) is 27.6 Å². The van der Waals surface area contributed by atoms with Crippen molar-refractivity contribution in [2.45, 2.75) is 112 Å². The number of aromatic nitrogens is 4. The van der Waals surface area contributed by atoms with Crippen LogP contribution in [-0.4, -0.2) is 32.5 Å². The number of hydrogen-bond donors (Lipinski definition) is 2. The first kappa shape index (κ1) is 43.4. The SMILES string of the molecule is CCOC(=O)c1ccc(-c2c3nc(c(-c4cc(C(C)(C)C)cc(C(C)(C)C)c4)c4ccc(cc5nc(c(-c6cc(C(C)(C)C)cc(C(C)(C)C)c6)c6ccc2[nH]6)C=C5)[nH]4)C=C3)cc1. The van der Waals surface area contributed by atoms with E-state index in [4.69, 9.17) is 14.7 Å². The molecule has 0 spiro atoms. The standard InChI is InChI=1S/C57H62N4O2/c1-14-63-53(62)35-17-15-34(16-18-35)50-46-23-25-48(60-46)51(36-27-38(54(2,3)4)31-39(28-36)55(5,6)7)44-21-19-42(58-44)33-43-20-22-45(59-43)52(49-26-24-47(50)61-49)37-29-40(56(8,9)10)32-41(30-37)57(11,12)13/h15-33,58,61H,14H2,1-13H3. The van der Waals surface area contributed by atoms with Crippen LogP contribution in [0, 0.1) is 0 Å². The van der Waals surface area contributed by atoms with Crippen molar-refractivity contribution < 1.29 is 9.53 Å². The van der Waals surface area contributed by atoms with Gasteiger partial charge in [0, 0.05) is 38.8 Å². The predicted molar refractivity (Wildman–Crippen MR) is 266 cm³/mol. The first-order valence-corrected chi connectivity index (χ1v) is 22.3. The average Bonchev–Trinajstić information content (AvgIpc) is 4.05. The molecule has 0 radical (unpaired) electrons. The number of carbonyl (C=O) groups is 1. The van der Waals surface area contributed by atoms with Gasteiger partial charge in [0.05, 0.1) is 34.9 Å². The lowest BCUT2D eigenvalue weighted by Crippen LogP contribution is -2.16. The minimum atomic E-state index is -0.343. The molecule has 0 atom stereocenters. The lowest BCUT2D eigenvalue weighted by molar-refractivity contribution is 0.0526. The predicted octanol–water partition coefficient (Wildman–Crippen LogP) is 15.0. The number of nitrogens with zero attached hydrogens (tertiary/aromatic N) is 2. The third-order valence-electron chi connectivity index (χ3n) is 12.2. The van der Waals surface area contributed by atoms with Gasteiger partial charge in [-0.25, -0.2) is 14.8 Å². The number of aromatic amines is 2. The molecule has 0 saturated carbocycles. The van der Waals surface area contributed by atoms with Gasteiger partial charge in [0.1, 0.15) is 0 Å². The monoisotopic (exact) mass is 834 g/mol. The Morgan fingerprint density at radius 3 is 1.35 bits per heavy atom. The van der Waals surface area contributed by atoms with Crippen LogP contribution in [0.2, 0.25) is 0 Å². The quantitative estimate of drug-likeness (QED) is 0.169. The first-order valence-electron chi connectivity index (χ1n) is 22.3. The second kappa shape index (κ2) is 15.8. The molecule has 6 nitrogen and oxygen atoms in total. The van der Waals surface area contributed by atoms with Crippen molar-refractivity contribution in [2.24, 2.45) is 0 Å². The zero-order chi connectivity index (χ0) is 45.2. The summed E-state index contributed by atoms with van der Waals surface area (Å²) in [5.74, 6) is -0.343. The van der Waals surface area contributed by atoms with Crippen LogP contribution < -0.4 is 0 Å². The van der Waals surface area contributed by atoms with Crippen LogP contribution >= 0.6 is 0 Å². The molecule has 2 aliphatic heterocycles. The maximum atomic E-state index is 12.8. The lowest BCUT2D eigenvalue weighted by atomic mass is 9.78. The summed E-state index contributed by atoms with van der Waals surface area (Å²) in [5, 5.41) is 0. The van der Waals surface area contributed by atoms with Crippen molar-refractivity contribution >= 4 is 52.3 Å². The van der Waals surface area contributed by atoms with Crippen molar-refractivity contribution in [3.63, 3.8) is 0 Å². The van der Waals surface area contributed by atoms with Gasteiger partial charge in [-0.15, -0.1) is 0 Å². The van der Waals surface area contributed by atoms with Crippen molar-refractivity contribution in [3.05, 3.63) is 142 Å². The summed E-state index contributed by atoms with van der Waals surface area (Å²) in [7, 11) is 0. The topological polar surface area (TPSA) is 83.7 Å². The molecule has 0 amide bonds. The van der Waals surface area contributed by atoms with Crippen molar-refractivity contribution in [2.75, 3.05) is 6.61 Å². The van der Waals surface area contributed by atoms with E-state index < -0.39 is 0 Å². The molecule has 0 unspecified atom stereocenters. The Balaban J connectivity index is 1.51. The van der Waals surface area contributed by atoms with E-state index in [1.165, 1.54) is 22.3 Å². The van der Waals surface area contributed by atoms with Gasteiger partial charge < -0.3 is 14.7 Å². The molecule has 6 aromatic rings. The van der Waals surface area contributed by atoms with Crippen LogP contribution in [0.25, 0.3) is 79.8 Å². The van der Waals surface area contributed by atoms with Gasteiger partial charge in [-0.05, 0) is 134 Å². The second-order valence-corrected chi connectivity index (χ2v) is 21.2. The molecule has 322 valence electrons. The van der Waals surface area contributed by atoms with Crippen molar-refractivity contribution in [1.29, 1.82) is 0 Å². The van der Waals surface area contributed by atoms with Crippen LogP contribution in [0.3, 0.4) is 0 Å². The number of nitrogens with one attached hydrogen (secondary N) is 2. The van der Waals surface area contributed by atoms with Crippen molar-refractivity contribution in [3.8, 4) is 33.4 Å². The Morgan fingerprint density at radius 1 is 0.476 bits per heavy atom. The largest absolute Gasteiger partial charge is 0.462 e. The maximum Gasteiger partial charge on any atom is 0.338 e. The fourth-order valence-corrected chi connectivity index (χ4v) is 8.31. The molecule has 2 N–H and O–H groups in total. The van der Waals surface area contributed by atoms with E-state index in [1.807, 2.05) is 31.2 Å². The highest BCUT2D eigenvalue weighted by atomic mass is 16.5. The molecule has 3 aromatic heterocycles. The van der Waals surface area contributed by atoms with Gasteiger partial charge in [-0.3, -0.25) is 0 Å². The van der Waals surface area contributed by atoms with Crippen molar-refractivity contribution in [1.82, 2.24) is 19.9 Å². The van der Waals surface area contributed by atoms with Crippen LogP contribution in [0.5, 0.6) is 0 Å². The average molecular weight is 835 g/mol.